The van der Waals surface area contributed by atoms with Gasteiger partial charge in [0.15, 0.2) is 0 Å². The van der Waals surface area contributed by atoms with Crippen molar-refractivity contribution in [2.24, 2.45) is 5.92 Å². The highest BCUT2D eigenvalue weighted by atomic mass is 79.9. The van der Waals surface area contributed by atoms with Crippen molar-refractivity contribution in [1.82, 2.24) is 4.72 Å². The lowest BCUT2D eigenvalue weighted by Gasteiger charge is -2.16. The molecular formula is C12H13BrCl3NO2S. The van der Waals surface area contributed by atoms with E-state index >= 15 is 0 Å². The van der Waals surface area contributed by atoms with Gasteiger partial charge in [-0.2, -0.15) is 0 Å². The predicted molar refractivity (Wildman–Crippen MR) is 86.3 cm³/mol. The van der Waals surface area contributed by atoms with Crippen LogP contribution in [0.15, 0.2) is 21.5 Å². The van der Waals surface area contributed by atoms with Crippen LogP contribution in [0.3, 0.4) is 0 Å². The van der Waals surface area contributed by atoms with Crippen molar-refractivity contribution < 1.29 is 8.42 Å². The number of alkyl halides is 1. The molecule has 8 heteroatoms. The lowest BCUT2D eigenvalue weighted by atomic mass is 10.1. The number of rotatable bonds is 4. The molecule has 0 bridgehead atoms. The van der Waals surface area contributed by atoms with Crippen molar-refractivity contribution in [3.8, 4) is 0 Å². The number of hydrogen-bond donors (Lipinski definition) is 1. The average Bonchev–Trinajstić information content (AvgIpc) is 2.70. The minimum absolute atomic E-state index is 0.0218. The number of benzene rings is 1. The van der Waals surface area contributed by atoms with E-state index in [1.165, 1.54) is 12.1 Å². The van der Waals surface area contributed by atoms with Gasteiger partial charge in [0.1, 0.15) is 4.90 Å². The van der Waals surface area contributed by atoms with Crippen LogP contribution in [-0.4, -0.2) is 20.3 Å². The zero-order valence-electron chi connectivity index (χ0n) is 10.4. The van der Waals surface area contributed by atoms with Crippen LogP contribution in [0.2, 0.25) is 10.0 Å². The third-order valence-corrected chi connectivity index (χ3v) is 6.71. The SMILES string of the molecule is O=S(=O)(NCC1CCCC1Cl)c1c(Cl)cc(Br)cc1Cl. The van der Waals surface area contributed by atoms with Gasteiger partial charge in [-0.3, -0.25) is 0 Å². The summed E-state index contributed by atoms with van der Waals surface area (Å²) in [5.74, 6) is 0.152. The first-order chi connectivity index (χ1) is 9.31. The van der Waals surface area contributed by atoms with E-state index in [0.29, 0.717) is 11.0 Å². The van der Waals surface area contributed by atoms with Gasteiger partial charge in [0, 0.05) is 16.4 Å². The molecule has 0 amide bonds. The molecule has 0 radical (unpaired) electrons. The third-order valence-electron chi connectivity index (χ3n) is 3.33. The highest BCUT2D eigenvalue weighted by Gasteiger charge is 2.28. The van der Waals surface area contributed by atoms with Crippen LogP contribution in [0, 0.1) is 5.92 Å². The number of nitrogens with one attached hydrogen (secondary N) is 1. The Hall–Kier alpha value is 0.480. The van der Waals surface area contributed by atoms with Gasteiger partial charge in [0.25, 0.3) is 0 Å². The van der Waals surface area contributed by atoms with E-state index in [4.69, 9.17) is 34.8 Å². The molecule has 2 atom stereocenters. The first-order valence-electron chi connectivity index (χ1n) is 6.09. The maximum absolute atomic E-state index is 12.3. The van der Waals surface area contributed by atoms with Crippen molar-refractivity contribution >= 4 is 60.8 Å². The van der Waals surface area contributed by atoms with Gasteiger partial charge in [-0.15, -0.1) is 11.6 Å². The summed E-state index contributed by atoms with van der Waals surface area (Å²) in [6.45, 7) is 0.305. The molecule has 112 valence electrons. The van der Waals surface area contributed by atoms with Gasteiger partial charge in [-0.25, -0.2) is 13.1 Å². The smallest absolute Gasteiger partial charge is 0.211 e. The Balaban J connectivity index is 2.18. The number of sulfonamides is 1. The number of halogens is 4. The van der Waals surface area contributed by atoms with E-state index < -0.39 is 10.0 Å². The molecule has 0 aromatic heterocycles. The zero-order valence-corrected chi connectivity index (χ0v) is 15.0. The Bertz CT molecular complexity index is 586. The quantitative estimate of drug-likeness (QED) is 0.731. The molecular weight excluding hydrogens is 408 g/mol. The monoisotopic (exact) mass is 419 g/mol. The van der Waals surface area contributed by atoms with E-state index in [2.05, 4.69) is 20.7 Å². The van der Waals surface area contributed by atoms with Gasteiger partial charge in [0.2, 0.25) is 10.0 Å². The van der Waals surface area contributed by atoms with Crippen molar-refractivity contribution in [2.75, 3.05) is 6.54 Å². The number of hydrogen-bond acceptors (Lipinski definition) is 2. The van der Waals surface area contributed by atoms with E-state index in [-0.39, 0.29) is 26.2 Å². The first kappa shape index (κ1) is 16.8. The van der Waals surface area contributed by atoms with Crippen LogP contribution in [-0.2, 0) is 10.0 Å². The second-order valence-electron chi connectivity index (χ2n) is 4.76. The molecule has 1 aliphatic rings. The minimum atomic E-state index is -3.74. The van der Waals surface area contributed by atoms with Gasteiger partial charge >= 0.3 is 0 Å². The molecule has 1 aliphatic carbocycles. The Morgan fingerprint density at radius 3 is 2.35 bits per heavy atom. The summed E-state index contributed by atoms with van der Waals surface area (Å²) in [5.41, 5.74) is 0. The molecule has 2 rings (SSSR count). The molecule has 20 heavy (non-hydrogen) atoms. The molecule has 2 unspecified atom stereocenters. The highest BCUT2D eigenvalue weighted by Crippen LogP contribution is 2.34. The molecule has 1 fully saturated rings. The predicted octanol–water partition coefficient (Wildman–Crippen LogP) is 4.44. The molecule has 0 saturated heterocycles. The van der Waals surface area contributed by atoms with Crippen LogP contribution in [0.4, 0.5) is 0 Å². The van der Waals surface area contributed by atoms with E-state index in [0.717, 1.165) is 19.3 Å². The Labute approximate surface area is 142 Å². The maximum atomic E-state index is 12.3. The summed E-state index contributed by atoms with van der Waals surface area (Å²) in [7, 11) is -3.74. The highest BCUT2D eigenvalue weighted by molar-refractivity contribution is 9.10. The molecule has 1 aromatic rings. The van der Waals surface area contributed by atoms with E-state index in [9.17, 15) is 8.42 Å². The maximum Gasteiger partial charge on any atom is 0.243 e. The first-order valence-corrected chi connectivity index (χ1v) is 9.56. The van der Waals surface area contributed by atoms with Crippen LogP contribution >= 0.6 is 50.7 Å². The normalized spacial score (nSPS) is 23.2. The fraction of sp³-hybridized carbons (Fsp3) is 0.500. The standard InChI is InChI=1S/C12H13BrCl3NO2S/c13-8-4-10(15)12(11(16)5-8)20(18,19)17-6-7-2-1-3-9(7)14/h4-5,7,9,17H,1-3,6H2. The third kappa shape index (κ3) is 3.81. The summed E-state index contributed by atoms with van der Waals surface area (Å²) >= 11 is 21.3. The van der Waals surface area contributed by atoms with Gasteiger partial charge in [0.05, 0.1) is 10.0 Å². The van der Waals surface area contributed by atoms with E-state index in [1.54, 1.807) is 0 Å². The molecule has 1 saturated carbocycles. The zero-order chi connectivity index (χ0) is 14.9. The fourth-order valence-electron chi connectivity index (χ4n) is 2.30. The average molecular weight is 422 g/mol. The van der Waals surface area contributed by atoms with Crippen LogP contribution < -0.4 is 4.72 Å². The van der Waals surface area contributed by atoms with Crippen molar-refractivity contribution in [2.45, 2.75) is 29.5 Å². The molecule has 0 heterocycles. The second-order valence-corrected chi connectivity index (χ2v) is 8.75. The van der Waals surface area contributed by atoms with Gasteiger partial charge < -0.3 is 0 Å². The molecule has 1 N–H and O–H groups in total. The lowest BCUT2D eigenvalue weighted by molar-refractivity contribution is 0.524. The Morgan fingerprint density at radius 1 is 1.25 bits per heavy atom. The van der Waals surface area contributed by atoms with Crippen molar-refractivity contribution in [3.05, 3.63) is 26.7 Å². The van der Waals surface area contributed by atoms with Gasteiger partial charge in [-0.1, -0.05) is 45.6 Å². The Morgan fingerprint density at radius 2 is 1.85 bits per heavy atom. The Kier molecular flexibility index (Phi) is 5.65. The van der Waals surface area contributed by atoms with Crippen molar-refractivity contribution in [3.63, 3.8) is 0 Å². The van der Waals surface area contributed by atoms with Crippen molar-refractivity contribution in [1.29, 1.82) is 0 Å². The summed E-state index contributed by atoms with van der Waals surface area (Å²) in [5, 5.41) is 0.199. The molecule has 1 aromatic carbocycles. The summed E-state index contributed by atoms with van der Waals surface area (Å²) in [6.07, 6.45) is 2.88. The fourth-order valence-corrected chi connectivity index (χ4v) is 5.69. The summed E-state index contributed by atoms with van der Waals surface area (Å²) < 4.78 is 27.8. The minimum Gasteiger partial charge on any atom is -0.211 e. The van der Waals surface area contributed by atoms with Crippen LogP contribution in [0.1, 0.15) is 19.3 Å². The lowest BCUT2D eigenvalue weighted by Crippen LogP contribution is -2.31. The van der Waals surface area contributed by atoms with Crippen LogP contribution in [0.5, 0.6) is 0 Å². The topological polar surface area (TPSA) is 46.2 Å². The second kappa shape index (κ2) is 6.71. The van der Waals surface area contributed by atoms with Crippen LogP contribution in [0.25, 0.3) is 0 Å². The largest absolute Gasteiger partial charge is 0.243 e. The molecule has 3 nitrogen and oxygen atoms in total. The van der Waals surface area contributed by atoms with E-state index in [1.807, 2.05) is 0 Å². The summed E-state index contributed by atoms with van der Waals surface area (Å²) in [6, 6.07) is 3.00. The summed E-state index contributed by atoms with van der Waals surface area (Å²) in [4.78, 5) is -0.0897. The molecule has 0 aliphatic heterocycles. The van der Waals surface area contributed by atoms with Gasteiger partial charge in [-0.05, 0) is 30.9 Å². The molecule has 0 spiro atoms.